The third kappa shape index (κ3) is 3.33. The molecule has 0 bridgehead atoms. The zero-order chi connectivity index (χ0) is 14.8. The summed E-state index contributed by atoms with van der Waals surface area (Å²) in [6.45, 7) is 8.27. The van der Waals surface area contributed by atoms with Crippen molar-refractivity contribution < 1.29 is 9.59 Å². The van der Waals surface area contributed by atoms with E-state index < -0.39 is 5.41 Å². The highest BCUT2D eigenvalue weighted by Crippen LogP contribution is 2.27. The van der Waals surface area contributed by atoms with Gasteiger partial charge < -0.3 is 9.80 Å². The smallest absolute Gasteiger partial charge is 0.245 e. The lowest BCUT2D eigenvalue weighted by atomic mass is 9.94. The van der Waals surface area contributed by atoms with Gasteiger partial charge in [0.25, 0.3) is 0 Å². The topological polar surface area (TPSA) is 40.6 Å². The molecule has 20 heavy (non-hydrogen) atoms. The average Bonchev–Trinajstić information content (AvgIpc) is 2.70. The van der Waals surface area contributed by atoms with Crippen molar-refractivity contribution in [1.29, 1.82) is 0 Å². The molecule has 0 aliphatic carbocycles. The van der Waals surface area contributed by atoms with Crippen molar-refractivity contribution in [2.75, 3.05) is 19.6 Å². The summed E-state index contributed by atoms with van der Waals surface area (Å²) in [6, 6.07) is -0.208. The lowest BCUT2D eigenvalue weighted by molar-refractivity contribution is -0.148. The van der Waals surface area contributed by atoms with E-state index in [1.54, 1.807) is 0 Å². The Morgan fingerprint density at radius 2 is 1.50 bits per heavy atom. The Labute approximate surface area is 122 Å². The summed E-state index contributed by atoms with van der Waals surface area (Å²) in [7, 11) is 0. The van der Waals surface area contributed by atoms with Crippen molar-refractivity contribution in [3.05, 3.63) is 0 Å². The number of rotatable bonds is 1. The maximum atomic E-state index is 12.7. The number of carbonyl (C=O) groups is 2. The van der Waals surface area contributed by atoms with E-state index in [9.17, 15) is 9.59 Å². The summed E-state index contributed by atoms with van der Waals surface area (Å²) in [5, 5.41) is 0. The molecule has 2 amide bonds. The van der Waals surface area contributed by atoms with Gasteiger partial charge in [0.2, 0.25) is 11.8 Å². The van der Waals surface area contributed by atoms with E-state index in [1.165, 1.54) is 12.8 Å². The number of amides is 2. The van der Waals surface area contributed by atoms with Gasteiger partial charge in [0.1, 0.15) is 6.04 Å². The molecule has 114 valence electrons. The summed E-state index contributed by atoms with van der Waals surface area (Å²) in [5.41, 5.74) is -0.401. The first-order chi connectivity index (χ1) is 9.41. The molecular weight excluding hydrogens is 252 g/mol. The fraction of sp³-hybridized carbons (Fsp3) is 0.875. The Kier molecular flexibility index (Phi) is 4.71. The van der Waals surface area contributed by atoms with Crippen LogP contribution in [-0.2, 0) is 9.59 Å². The van der Waals surface area contributed by atoms with Gasteiger partial charge in [0, 0.05) is 25.0 Å². The van der Waals surface area contributed by atoms with Crippen LogP contribution in [0.3, 0.4) is 0 Å². The monoisotopic (exact) mass is 280 g/mol. The standard InChI is InChI=1S/C16H28N2O2/c1-16(2,3)15(20)18-12-8-9-13(18)14(19)17-10-6-4-5-7-11-17/h13H,4-12H2,1-3H3. The normalized spacial score (nSPS) is 24.6. The fourth-order valence-corrected chi connectivity index (χ4v) is 3.20. The summed E-state index contributed by atoms with van der Waals surface area (Å²) in [6.07, 6.45) is 6.43. The van der Waals surface area contributed by atoms with Crippen LogP contribution >= 0.6 is 0 Å². The van der Waals surface area contributed by atoms with Crippen LogP contribution in [0.5, 0.6) is 0 Å². The molecule has 0 spiro atoms. The van der Waals surface area contributed by atoms with Crippen molar-refractivity contribution in [2.24, 2.45) is 5.41 Å². The van der Waals surface area contributed by atoms with Crippen LogP contribution in [0.4, 0.5) is 0 Å². The first kappa shape index (κ1) is 15.3. The van der Waals surface area contributed by atoms with Gasteiger partial charge >= 0.3 is 0 Å². The van der Waals surface area contributed by atoms with Gasteiger partial charge in [-0.2, -0.15) is 0 Å². The van der Waals surface area contributed by atoms with Crippen LogP contribution in [0, 0.1) is 5.41 Å². The van der Waals surface area contributed by atoms with Crippen LogP contribution in [0.1, 0.15) is 59.3 Å². The van der Waals surface area contributed by atoms with Gasteiger partial charge in [0.15, 0.2) is 0 Å². The zero-order valence-corrected chi connectivity index (χ0v) is 13.2. The highest BCUT2D eigenvalue weighted by atomic mass is 16.2. The summed E-state index contributed by atoms with van der Waals surface area (Å²) in [4.78, 5) is 29.0. The van der Waals surface area contributed by atoms with E-state index in [4.69, 9.17) is 0 Å². The Morgan fingerprint density at radius 3 is 2.05 bits per heavy atom. The van der Waals surface area contributed by atoms with Crippen molar-refractivity contribution >= 4 is 11.8 Å². The average molecular weight is 280 g/mol. The van der Waals surface area contributed by atoms with Crippen molar-refractivity contribution in [2.45, 2.75) is 65.3 Å². The lowest BCUT2D eigenvalue weighted by Gasteiger charge is -2.33. The molecule has 0 N–H and O–H groups in total. The molecule has 0 radical (unpaired) electrons. The molecule has 0 aromatic heterocycles. The molecule has 2 heterocycles. The largest absolute Gasteiger partial charge is 0.341 e. The third-order valence-electron chi connectivity index (χ3n) is 4.36. The van der Waals surface area contributed by atoms with Gasteiger partial charge in [0.05, 0.1) is 0 Å². The fourth-order valence-electron chi connectivity index (χ4n) is 3.20. The van der Waals surface area contributed by atoms with E-state index >= 15 is 0 Å². The molecule has 0 aromatic carbocycles. The third-order valence-corrected chi connectivity index (χ3v) is 4.36. The van der Waals surface area contributed by atoms with Gasteiger partial charge in [-0.25, -0.2) is 0 Å². The number of likely N-dealkylation sites (tertiary alicyclic amines) is 2. The second kappa shape index (κ2) is 6.15. The van der Waals surface area contributed by atoms with E-state index in [1.807, 2.05) is 30.6 Å². The maximum absolute atomic E-state index is 12.7. The SMILES string of the molecule is CC(C)(C)C(=O)N1CCCC1C(=O)N1CCCCCC1. The minimum Gasteiger partial charge on any atom is -0.341 e. The molecule has 2 rings (SSSR count). The molecule has 2 aliphatic heterocycles. The van der Waals surface area contributed by atoms with Crippen LogP contribution < -0.4 is 0 Å². The van der Waals surface area contributed by atoms with Gasteiger partial charge in [-0.05, 0) is 25.7 Å². The minimum atomic E-state index is -0.401. The number of carbonyl (C=O) groups excluding carboxylic acids is 2. The molecule has 2 saturated heterocycles. The van der Waals surface area contributed by atoms with E-state index in [0.717, 1.165) is 45.3 Å². The number of nitrogens with zero attached hydrogens (tertiary/aromatic N) is 2. The van der Waals surface area contributed by atoms with E-state index in [0.29, 0.717) is 0 Å². The quantitative estimate of drug-likeness (QED) is 0.740. The Balaban J connectivity index is 2.06. The van der Waals surface area contributed by atoms with Crippen molar-refractivity contribution in [3.63, 3.8) is 0 Å². The van der Waals surface area contributed by atoms with E-state index in [2.05, 4.69) is 0 Å². The molecule has 4 heteroatoms. The molecule has 1 atom stereocenters. The number of hydrogen-bond donors (Lipinski definition) is 0. The molecule has 2 aliphatic rings. The zero-order valence-electron chi connectivity index (χ0n) is 13.2. The predicted octanol–water partition coefficient (Wildman–Crippen LogP) is 2.43. The molecule has 1 unspecified atom stereocenters. The van der Waals surface area contributed by atoms with Gasteiger partial charge in [-0.15, -0.1) is 0 Å². The molecule has 0 saturated carbocycles. The molecule has 2 fully saturated rings. The van der Waals surface area contributed by atoms with Gasteiger partial charge in [-0.3, -0.25) is 9.59 Å². The predicted molar refractivity (Wildman–Crippen MR) is 79.2 cm³/mol. The van der Waals surface area contributed by atoms with Crippen LogP contribution in [-0.4, -0.2) is 47.3 Å². The first-order valence-electron chi connectivity index (χ1n) is 8.01. The minimum absolute atomic E-state index is 0.114. The highest BCUT2D eigenvalue weighted by Gasteiger charge is 2.40. The van der Waals surface area contributed by atoms with E-state index in [-0.39, 0.29) is 17.9 Å². The van der Waals surface area contributed by atoms with Crippen molar-refractivity contribution in [3.8, 4) is 0 Å². The summed E-state index contributed by atoms with van der Waals surface area (Å²) >= 11 is 0. The van der Waals surface area contributed by atoms with Gasteiger partial charge in [-0.1, -0.05) is 33.6 Å². The molecule has 4 nitrogen and oxygen atoms in total. The van der Waals surface area contributed by atoms with Crippen molar-refractivity contribution in [1.82, 2.24) is 9.80 Å². The van der Waals surface area contributed by atoms with Crippen LogP contribution in [0.15, 0.2) is 0 Å². The maximum Gasteiger partial charge on any atom is 0.245 e. The highest BCUT2D eigenvalue weighted by molar-refractivity contribution is 5.90. The lowest BCUT2D eigenvalue weighted by Crippen LogP contribution is -2.50. The second-order valence-electron chi connectivity index (χ2n) is 7.15. The molecule has 0 aromatic rings. The van der Waals surface area contributed by atoms with Crippen LogP contribution in [0.25, 0.3) is 0 Å². The summed E-state index contributed by atoms with van der Waals surface area (Å²) in [5.74, 6) is 0.296. The first-order valence-corrected chi connectivity index (χ1v) is 8.01. The molecular formula is C16H28N2O2. The number of hydrogen-bond acceptors (Lipinski definition) is 2. The Hall–Kier alpha value is -1.06. The second-order valence-corrected chi connectivity index (χ2v) is 7.15. The Bertz CT molecular complexity index is 365. The summed E-state index contributed by atoms with van der Waals surface area (Å²) < 4.78 is 0. The Morgan fingerprint density at radius 1 is 0.900 bits per heavy atom. The van der Waals surface area contributed by atoms with Crippen LogP contribution in [0.2, 0.25) is 0 Å².